The average Bonchev–Trinajstić information content (AvgIpc) is 1.99. The molecule has 1 atom stereocenters. The quantitative estimate of drug-likeness (QED) is 0.686. The molecular weight excluding hydrogens is 212 g/mol. The van der Waals surface area contributed by atoms with Gasteiger partial charge in [0.2, 0.25) is 0 Å². The van der Waals surface area contributed by atoms with Gasteiger partial charge in [-0.3, -0.25) is 0 Å². The van der Waals surface area contributed by atoms with Crippen molar-refractivity contribution < 1.29 is 8.42 Å². The molecule has 4 nitrogen and oxygen atoms in total. The first-order chi connectivity index (χ1) is 6.72. The third kappa shape index (κ3) is 8.84. The Morgan fingerprint density at radius 3 is 2.13 bits per heavy atom. The van der Waals surface area contributed by atoms with Crippen molar-refractivity contribution in [3.63, 3.8) is 0 Å². The summed E-state index contributed by atoms with van der Waals surface area (Å²) in [4.78, 5) is 2.11. The van der Waals surface area contributed by atoms with Crippen LogP contribution in [0.3, 0.4) is 0 Å². The van der Waals surface area contributed by atoms with Gasteiger partial charge in [0.25, 0.3) is 0 Å². The van der Waals surface area contributed by atoms with Gasteiger partial charge in [-0.1, -0.05) is 13.8 Å². The molecule has 0 radical (unpaired) electrons. The van der Waals surface area contributed by atoms with Crippen LogP contribution in [0.4, 0.5) is 0 Å². The SMILES string of the molecule is CC(C)C(CN(C)C)NCCS(C)(=O)=O. The van der Waals surface area contributed by atoms with Gasteiger partial charge in [0.05, 0.1) is 5.75 Å². The van der Waals surface area contributed by atoms with E-state index >= 15 is 0 Å². The van der Waals surface area contributed by atoms with Gasteiger partial charge >= 0.3 is 0 Å². The number of likely N-dealkylation sites (N-methyl/N-ethyl adjacent to an activating group) is 1. The van der Waals surface area contributed by atoms with Crippen LogP contribution in [-0.2, 0) is 9.84 Å². The Hall–Kier alpha value is -0.130. The Balaban J connectivity index is 3.97. The van der Waals surface area contributed by atoms with Gasteiger partial charge in [-0.25, -0.2) is 8.42 Å². The van der Waals surface area contributed by atoms with Gasteiger partial charge in [-0.2, -0.15) is 0 Å². The van der Waals surface area contributed by atoms with E-state index in [4.69, 9.17) is 0 Å². The van der Waals surface area contributed by atoms with Gasteiger partial charge < -0.3 is 10.2 Å². The molecule has 0 saturated heterocycles. The second kappa shape index (κ2) is 6.45. The van der Waals surface area contributed by atoms with E-state index in [1.165, 1.54) is 6.26 Å². The van der Waals surface area contributed by atoms with Crippen LogP contribution in [0.2, 0.25) is 0 Å². The summed E-state index contributed by atoms with van der Waals surface area (Å²) in [7, 11) is 1.19. The largest absolute Gasteiger partial charge is 0.311 e. The summed E-state index contributed by atoms with van der Waals surface area (Å²) < 4.78 is 21.9. The van der Waals surface area contributed by atoms with Crippen molar-refractivity contribution >= 4 is 9.84 Å². The highest BCUT2D eigenvalue weighted by atomic mass is 32.2. The number of rotatable bonds is 7. The normalized spacial score (nSPS) is 14.9. The monoisotopic (exact) mass is 236 g/mol. The van der Waals surface area contributed by atoms with Crippen LogP contribution in [0.1, 0.15) is 13.8 Å². The van der Waals surface area contributed by atoms with E-state index in [2.05, 4.69) is 24.1 Å². The molecule has 0 aliphatic carbocycles. The highest BCUT2D eigenvalue weighted by Gasteiger charge is 2.14. The van der Waals surface area contributed by atoms with Crippen LogP contribution in [0.15, 0.2) is 0 Å². The first kappa shape index (κ1) is 14.9. The number of nitrogens with one attached hydrogen (secondary N) is 1. The van der Waals surface area contributed by atoms with Crippen LogP contribution >= 0.6 is 0 Å². The zero-order valence-electron chi connectivity index (χ0n) is 10.4. The fourth-order valence-electron chi connectivity index (χ4n) is 1.33. The Labute approximate surface area is 94.0 Å². The van der Waals surface area contributed by atoms with E-state index in [0.717, 1.165) is 6.54 Å². The molecule has 0 aliphatic heterocycles. The smallest absolute Gasteiger partial charge is 0.148 e. The summed E-state index contributed by atoms with van der Waals surface area (Å²) in [6, 6.07) is 0.349. The summed E-state index contributed by atoms with van der Waals surface area (Å²) in [5, 5.41) is 3.29. The molecule has 0 spiro atoms. The summed E-state index contributed by atoms with van der Waals surface area (Å²) >= 11 is 0. The molecule has 0 amide bonds. The van der Waals surface area contributed by atoms with Crippen LogP contribution < -0.4 is 5.32 Å². The fraction of sp³-hybridized carbons (Fsp3) is 1.00. The summed E-state index contributed by atoms with van der Waals surface area (Å²) in [6.07, 6.45) is 1.27. The molecule has 0 heterocycles. The van der Waals surface area contributed by atoms with Crippen molar-refractivity contribution in [1.82, 2.24) is 10.2 Å². The lowest BCUT2D eigenvalue weighted by atomic mass is 10.0. The maximum absolute atomic E-state index is 11.0. The molecule has 0 saturated carbocycles. The second-order valence-corrected chi connectivity index (χ2v) is 6.96. The van der Waals surface area contributed by atoms with Crippen molar-refractivity contribution in [1.29, 1.82) is 0 Å². The van der Waals surface area contributed by atoms with Gasteiger partial charge in [-0.15, -0.1) is 0 Å². The topological polar surface area (TPSA) is 49.4 Å². The third-order valence-electron chi connectivity index (χ3n) is 2.25. The molecule has 5 heteroatoms. The molecule has 0 bridgehead atoms. The standard InChI is InChI=1S/C10H24N2O2S/c1-9(2)10(8-12(3)4)11-6-7-15(5,13)14/h9-11H,6-8H2,1-5H3. The molecular formula is C10H24N2O2S. The Kier molecular flexibility index (Phi) is 6.40. The van der Waals surface area contributed by atoms with Crippen molar-refractivity contribution in [2.45, 2.75) is 19.9 Å². The lowest BCUT2D eigenvalue weighted by Gasteiger charge is -2.25. The highest BCUT2D eigenvalue weighted by Crippen LogP contribution is 2.02. The van der Waals surface area contributed by atoms with Gasteiger partial charge in [-0.05, 0) is 20.0 Å². The maximum atomic E-state index is 11.0. The van der Waals surface area contributed by atoms with Crippen molar-refractivity contribution in [2.24, 2.45) is 5.92 Å². The minimum atomic E-state index is -2.85. The molecule has 1 unspecified atom stereocenters. The molecule has 0 fully saturated rings. The van der Waals surface area contributed by atoms with Crippen molar-refractivity contribution in [2.75, 3.05) is 39.2 Å². The summed E-state index contributed by atoms with van der Waals surface area (Å²) in [5.41, 5.74) is 0. The first-order valence-electron chi connectivity index (χ1n) is 5.28. The molecule has 15 heavy (non-hydrogen) atoms. The Morgan fingerprint density at radius 2 is 1.80 bits per heavy atom. The van der Waals surface area contributed by atoms with Crippen LogP contribution in [0, 0.1) is 5.92 Å². The zero-order valence-corrected chi connectivity index (χ0v) is 11.3. The molecule has 1 N–H and O–H groups in total. The first-order valence-corrected chi connectivity index (χ1v) is 7.34. The lowest BCUT2D eigenvalue weighted by molar-refractivity contribution is 0.293. The van der Waals surface area contributed by atoms with E-state index < -0.39 is 9.84 Å². The lowest BCUT2D eigenvalue weighted by Crippen LogP contribution is -2.43. The minimum absolute atomic E-state index is 0.212. The van der Waals surface area contributed by atoms with Crippen molar-refractivity contribution in [3.05, 3.63) is 0 Å². The molecule has 0 aromatic heterocycles. The van der Waals surface area contributed by atoms with E-state index in [1.54, 1.807) is 0 Å². The zero-order chi connectivity index (χ0) is 12.1. The number of hydrogen-bond donors (Lipinski definition) is 1. The predicted molar refractivity (Wildman–Crippen MR) is 64.9 cm³/mol. The molecule has 0 rings (SSSR count). The fourth-order valence-corrected chi connectivity index (χ4v) is 1.82. The van der Waals surface area contributed by atoms with Crippen LogP contribution in [-0.4, -0.2) is 58.6 Å². The number of sulfone groups is 1. The Morgan fingerprint density at radius 1 is 1.27 bits per heavy atom. The van der Waals surface area contributed by atoms with Gasteiger partial charge in [0, 0.05) is 25.4 Å². The van der Waals surface area contributed by atoms with Crippen LogP contribution in [0.5, 0.6) is 0 Å². The molecule has 0 aromatic carbocycles. The van der Waals surface area contributed by atoms with E-state index in [1.807, 2.05) is 14.1 Å². The van der Waals surface area contributed by atoms with Gasteiger partial charge in [0.1, 0.15) is 9.84 Å². The number of nitrogens with zero attached hydrogens (tertiary/aromatic N) is 1. The van der Waals surface area contributed by atoms with E-state index in [0.29, 0.717) is 18.5 Å². The third-order valence-corrected chi connectivity index (χ3v) is 3.19. The molecule has 0 aromatic rings. The predicted octanol–water partition coefficient (Wildman–Crippen LogP) is 0.207. The average molecular weight is 236 g/mol. The minimum Gasteiger partial charge on any atom is -0.311 e. The summed E-state index contributed by atoms with van der Waals surface area (Å²) in [6.45, 7) is 5.75. The second-order valence-electron chi connectivity index (χ2n) is 4.70. The highest BCUT2D eigenvalue weighted by molar-refractivity contribution is 7.90. The van der Waals surface area contributed by atoms with Crippen molar-refractivity contribution in [3.8, 4) is 0 Å². The maximum Gasteiger partial charge on any atom is 0.148 e. The van der Waals surface area contributed by atoms with E-state index in [-0.39, 0.29) is 5.75 Å². The van der Waals surface area contributed by atoms with E-state index in [9.17, 15) is 8.42 Å². The van der Waals surface area contributed by atoms with Crippen LogP contribution in [0.25, 0.3) is 0 Å². The Bertz CT molecular complexity index is 261. The van der Waals surface area contributed by atoms with Gasteiger partial charge in [0.15, 0.2) is 0 Å². The summed E-state index contributed by atoms with van der Waals surface area (Å²) in [5.74, 6) is 0.718. The molecule has 0 aliphatic rings. The number of hydrogen-bond acceptors (Lipinski definition) is 4. The molecule has 92 valence electrons.